The Morgan fingerprint density at radius 1 is 1.06 bits per heavy atom. The van der Waals surface area contributed by atoms with Crippen LogP contribution in [-0.4, -0.2) is 50.2 Å². The van der Waals surface area contributed by atoms with Crippen molar-refractivity contribution in [3.8, 4) is 28.9 Å². The molecule has 1 amide bonds. The Labute approximate surface area is 207 Å². The Morgan fingerprint density at radius 2 is 1.80 bits per heavy atom. The van der Waals surface area contributed by atoms with Crippen LogP contribution in [0, 0.1) is 11.8 Å². The Hall–Kier alpha value is -3.85. The van der Waals surface area contributed by atoms with Gasteiger partial charge in [0.2, 0.25) is 0 Å². The van der Waals surface area contributed by atoms with Crippen LogP contribution >= 0.6 is 0 Å². The molecule has 6 nitrogen and oxygen atoms in total. The number of carboxylic acid groups (broad SMARTS) is 1. The number of carbonyl (C=O) groups is 2. The number of para-hydroxylation sites is 1. The maximum absolute atomic E-state index is 13.7. The molecule has 4 rings (SSSR count). The van der Waals surface area contributed by atoms with Gasteiger partial charge in [-0.25, -0.2) is 0 Å². The van der Waals surface area contributed by atoms with E-state index < -0.39 is 11.3 Å². The highest BCUT2D eigenvalue weighted by molar-refractivity contribution is 6.41. The van der Waals surface area contributed by atoms with Crippen LogP contribution in [0.3, 0.4) is 0 Å². The molecule has 0 atom stereocenters. The summed E-state index contributed by atoms with van der Waals surface area (Å²) >= 11 is 0. The van der Waals surface area contributed by atoms with Crippen LogP contribution in [0.1, 0.15) is 41.6 Å². The molecule has 0 saturated heterocycles. The molecular weight excluding hydrogens is 440 g/mol. The van der Waals surface area contributed by atoms with Gasteiger partial charge in [0.1, 0.15) is 33.8 Å². The third-order valence-corrected chi connectivity index (χ3v) is 6.11. The maximum Gasteiger partial charge on any atom is 0.304 e. The molecule has 3 aromatic rings. The quantitative estimate of drug-likeness (QED) is 0.387. The number of furan rings is 1. The van der Waals surface area contributed by atoms with Gasteiger partial charge in [0.05, 0.1) is 12.7 Å². The summed E-state index contributed by atoms with van der Waals surface area (Å²) < 4.78 is 11.4. The van der Waals surface area contributed by atoms with E-state index in [2.05, 4.69) is 11.8 Å². The smallest absolute Gasteiger partial charge is 0.304 e. The number of benzene rings is 2. The average Bonchev–Trinajstić information content (AvgIpc) is 3.51. The van der Waals surface area contributed by atoms with Gasteiger partial charge in [-0.05, 0) is 43.2 Å². The van der Waals surface area contributed by atoms with Crippen molar-refractivity contribution in [1.82, 2.24) is 4.90 Å². The van der Waals surface area contributed by atoms with Crippen LogP contribution in [0.4, 0.5) is 0 Å². The van der Waals surface area contributed by atoms with Crippen molar-refractivity contribution in [3.63, 3.8) is 0 Å². The van der Waals surface area contributed by atoms with Crippen LogP contribution in [-0.2, 0) is 10.1 Å². The standard InChI is InChI=1S/C27H27B2NO5/c28-27(29,22-7-3-4-8-24(22)35-17-5-1-2-10-25(31)32)30(21-15-16-21)26(33)20-13-11-19(12-14-20)23-9-6-18-34-23/h3-4,6-9,11-14,18,21H,2,10,15-17,28-29H2,(H,31,32). The number of ether oxygens (including phenoxy) is 1. The van der Waals surface area contributed by atoms with Crippen molar-refractivity contribution in [2.45, 2.75) is 37.1 Å². The number of carboxylic acids is 1. The largest absolute Gasteiger partial charge is 0.481 e. The Kier molecular flexibility index (Phi) is 7.36. The van der Waals surface area contributed by atoms with Crippen molar-refractivity contribution in [2.75, 3.05) is 6.61 Å². The van der Waals surface area contributed by atoms with Crippen molar-refractivity contribution >= 4 is 27.6 Å². The molecule has 1 fully saturated rings. The number of aliphatic carboxylic acids is 1. The Balaban J connectivity index is 1.54. The molecule has 1 aliphatic rings. The van der Waals surface area contributed by atoms with E-state index in [4.69, 9.17) is 14.3 Å². The number of carbonyl (C=O) groups excluding carboxylic acids is 1. The first-order chi connectivity index (χ1) is 16.9. The van der Waals surface area contributed by atoms with Gasteiger partial charge in [0, 0.05) is 34.5 Å². The number of hydrogen-bond donors (Lipinski definition) is 1. The normalized spacial score (nSPS) is 12.9. The fourth-order valence-electron chi connectivity index (χ4n) is 4.22. The average molecular weight is 467 g/mol. The van der Waals surface area contributed by atoms with E-state index in [1.807, 2.05) is 81.3 Å². The van der Waals surface area contributed by atoms with Gasteiger partial charge in [-0.1, -0.05) is 42.2 Å². The van der Waals surface area contributed by atoms with Gasteiger partial charge in [-0.3, -0.25) is 9.59 Å². The zero-order valence-electron chi connectivity index (χ0n) is 20.0. The van der Waals surface area contributed by atoms with Gasteiger partial charge >= 0.3 is 5.97 Å². The highest BCUT2D eigenvalue weighted by Gasteiger charge is 2.43. The van der Waals surface area contributed by atoms with Crippen molar-refractivity contribution < 1.29 is 23.8 Å². The molecule has 0 aliphatic heterocycles. The molecule has 1 N–H and O–H groups in total. The molecule has 1 aliphatic carbocycles. The lowest BCUT2D eigenvalue weighted by Gasteiger charge is -2.41. The van der Waals surface area contributed by atoms with E-state index in [1.165, 1.54) is 0 Å². The molecule has 176 valence electrons. The molecule has 0 spiro atoms. The summed E-state index contributed by atoms with van der Waals surface area (Å²) in [6.07, 6.45) is 3.87. The number of hydrogen-bond acceptors (Lipinski definition) is 4. The van der Waals surface area contributed by atoms with E-state index in [1.54, 1.807) is 6.26 Å². The van der Waals surface area contributed by atoms with Crippen LogP contribution in [0.5, 0.6) is 5.75 Å². The van der Waals surface area contributed by atoms with Gasteiger partial charge in [0.25, 0.3) is 5.91 Å². The minimum atomic E-state index is -0.868. The van der Waals surface area contributed by atoms with E-state index in [0.717, 1.165) is 29.7 Å². The minimum absolute atomic E-state index is 0.0115. The molecule has 0 bridgehead atoms. The highest BCUT2D eigenvalue weighted by Crippen LogP contribution is 2.39. The number of nitrogens with zero attached hydrogens (tertiary/aromatic N) is 1. The number of rotatable bonds is 9. The summed E-state index contributed by atoms with van der Waals surface area (Å²) in [7, 11) is 4.09. The van der Waals surface area contributed by atoms with E-state index >= 15 is 0 Å². The van der Waals surface area contributed by atoms with Gasteiger partial charge in [0.15, 0.2) is 0 Å². The second kappa shape index (κ2) is 10.6. The molecule has 1 heterocycles. The van der Waals surface area contributed by atoms with Gasteiger partial charge in [-0.2, -0.15) is 0 Å². The summed E-state index contributed by atoms with van der Waals surface area (Å²) in [6.45, 7) is 0.151. The predicted molar refractivity (Wildman–Crippen MR) is 139 cm³/mol. The third-order valence-electron chi connectivity index (χ3n) is 6.11. The summed E-state index contributed by atoms with van der Waals surface area (Å²) in [5.41, 5.74) is 2.45. The second-order valence-corrected chi connectivity index (χ2v) is 9.05. The van der Waals surface area contributed by atoms with Gasteiger partial charge in [-0.15, -0.1) is 0 Å². The second-order valence-electron chi connectivity index (χ2n) is 9.05. The first-order valence-corrected chi connectivity index (χ1v) is 11.8. The first kappa shape index (κ1) is 24.3. The maximum atomic E-state index is 13.7. The molecular formula is C27H27B2NO5. The topological polar surface area (TPSA) is 80.0 Å². The molecule has 1 aromatic heterocycles. The van der Waals surface area contributed by atoms with Crippen LogP contribution in [0.2, 0.25) is 0 Å². The van der Waals surface area contributed by atoms with Crippen molar-refractivity contribution in [1.29, 1.82) is 0 Å². The lowest BCUT2D eigenvalue weighted by Crippen LogP contribution is -2.52. The van der Waals surface area contributed by atoms with E-state index in [-0.39, 0.29) is 31.4 Å². The molecule has 8 heteroatoms. The van der Waals surface area contributed by atoms with Crippen molar-refractivity contribution in [3.05, 3.63) is 78.1 Å². The minimum Gasteiger partial charge on any atom is -0.481 e. The SMILES string of the molecule is BC(B)(c1ccccc1OCC#CCCC(=O)O)N(C(=O)c1ccc(-c2ccco2)cc1)C1CC1. The Morgan fingerprint density at radius 3 is 2.46 bits per heavy atom. The Bertz CT molecular complexity index is 1240. The third kappa shape index (κ3) is 5.81. The lowest BCUT2D eigenvalue weighted by atomic mass is 9.56. The summed E-state index contributed by atoms with van der Waals surface area (Å²) in [5, 5.41) is 8.10. The summed E-state index contributed by atoms with van der Waals surface area (Å²) in [4.78, 5) is 26.3. The molecule has 0 radical (unpaired) electrons. The fraction of sp³-hybridized carbons (Fsp3) is 0.259. The van der Waals surface area contributed by atoms with Crippen LogP contribution in [0.15, 0.2) is 71.3 Å². The predicted octanol–water partition coefficient (Wildman–Crippen LogP) is 2.87. The van der Waals surface area contributed by atoms with E-state index in [0.29, 0.717) is 11.3 Å². The molecule has 0 unspecified atom stereocenters. The van der Waals surface area contributed by atoms with Gasteiger partial charge < -0.3 is 19.2 Å². The monoisotopic (exact) mass is 467 g/mol. The number of amides is 1. The van der Waals surface area contributed by atoms with E-state index in [9.17, 15) is 9.59 Å². The zero-order chi connectivity index (χ0) is 24.8. The summed E-state index contributed by atoms with van der Waals surface area (Å²) in [6, 6.07) is 19.1. The highest BCUT2D eigenvalue weighted by atomic mass is 16.5. The van der Waals surface area contributed by atoms with Crippen molar-refractivity contribution in [2.24, 2.45) is 0 Å². The lowest BCUT2D eigenvalue weighted by molar-refractivity contribution is -0.136. The van der Waals surface area contributed by atoms with Crippen LogP contribution < -0.4 is 4.74 Å². The first-order valence-electron chi connectivity index (χ1n) is 11.8. The zero-order valence-corrected chi connectivity index (χ0v) is 20.0. The summed E-state index contributed by atoms with van der Waals surface area (Å²) in [5.74, 6) is 6.24. The molecule has 2 aromatic carbocycles. The molecule has 35 heavy (non-hydrogen) atoms. The molecule has 1 saturated carbocycles. The fourth-order valence-corrected chi connectivity index (χ4v) is 4.22. The van der Waals surface area contributed by atoms with Crippen LogP contribution in [0.25, 0.3) is 11.3 Å².